The largest absolute Gasteiger partial charge is 0.490 e. The van der Waals surface area contributed by atoms with Gasteiger partial charge < -0.3 is 9.84 Å². The molecule has 0 spiro atoms. The molecular formula is C13H22N2O3. The summed E-state index contributed by atoms with van der Waals surface area (Å²) in [4.78, 5) is 10.9. The fraction of sp³-hybridized carbons (Fsp3) is 0.692. The molecule has 0 aliphatic rings. The van der Waals surface area contributed by atoms with E-state index in [-0.39, 0.29) is 0 Å². The molecule has 0 amide bonds. The third kappa shape index (κ3) is 3.24. The van der Waals surface area contributed by atoms with E-state index in [9.17, 15) is 4.79 Å². The average molecular weight is 254 g/mol. The lowest BCUT2D eigenvalue weighted by molar-refractivity contribution is -0.147. The number of aryl methyl sites for hydroxylation is 2. The maximum Gasteiger partial charge on any atom is 0.309 e. The van der Waals surface area contributed by atoms with Gasteiger partial charge in [-0.25, -0.2) is 0 Å². The minimum absolute atomic E-state index is 0.518. The van der Waals surface area contributed by atoms with Crippen LogP contribution < -0.4 is 4.74 Å². The monoisotopic (exact) mass is 254 g/mol. The van der Waals surface area contributed by atoms with Crippen LogP contribution in [0.1, 0.15) is 38.1 Å². The van der Waals surface area contributed by atoms with Gasteiger partial charge in [0.1, 0.15) is 5.69 Å². The Morgan fingerprint density at radius 3 is 2.50 bits per heavy atom. The van der Waals surface area contributed by atoms with E-state index in [2.05, 4.69) is 5.10 Å². The van der Waals surface area contributed by atoms with Crippen molar-refractivity contribution < 1.29 is 14.6 Å². The van der Waals surface area contributed by atoms with E-state index in [1.54, 1.807) is 18.5 Å². The Kier molecular flexibility index (Phi) is 4.38. The van der Waals surface area contributed by atoms with Gasteiger partial charge in [0.15, 0.2) is 5.75 Å². The van der Waals surface area contributed by atoms with E-state index in [4.69, 9.17) is 9.84 Å². The predicted octanol–water partition coefficient (Wildman–Crippen LogP) is 2.31. The molecule has 0 aliphatic heterocycles. The molecule has 0 fully saturated rings. The summed E-state index contributed by atoms with van der Waals surface area (Å²) in [6.07, 6.45) is 1.31. The molecular weight excluding hydrogens is 232 g/mol. The van der Waals surface area contributed by atoms with Gasteiger partial charge in [-0.05, 0) is 40.5 Å². The van der Waals surface area contributed by atoms with Crippen molar-refractivity contribution in [3.05, 3.63) is 11.4 Å². The van der Waals surface area contributed by atoms with Gasteiger partial charge in [-0.15, -0.1) is 0 Å². The van der Waals surface area contributed by atoms with E-state index in [1.807, 2.05) is 20.9 Å². The van der Waals surface area contributed by atoms with Gasteiger partial charge in [0.25, 0.3) is 0 Å². The SMILES string of the molecule is Cc1nn(C)c(C)c1OCCCC(C)(C)C(=O)O. The molecule has 5 heteroatoms. The topological polar surface area (TPSA) is 64.4 Å². The molecule has 0 radical (unpaired) electrons. The maximum absolute atomic E-state index is 10.9. The fourth-order valence-corrected chi connectivity index (χ4v) is 1.76. The van der Waals surface area contributed by atoms with Crippen LogP contribution in [0.15, 0.2) is 0 Å². The standard InChI is InChI=1S/C13H22N2O3/c1-9-11(10(2)15(5)14-9)18-8-6-7-13(3,4)12(16)17/h6-8H2,1-5H3,(H,16,17). The van der Waals surface area contributed by atoms with Crippen LogP contribution in [0.5, 0.6) is 5.75 Å². The van der Waals surface area contributed by atoms with Crippen molar-refractivity contribution in [3.63, 3.8) is 0 Å². The van der Waals surface area contributed by atoms with Crippen LogP contribution >= 0.6 is 0 Å². The Morgan fingerprint density at radius 1 is 1.44 bits per heavy atom. The summed E-state index contributed by atoms with van der Waals surface area (Å²) in [7, 11) is 1.88. The highest BCUT2D eigenvalue weighted by atomic mass is 16.5. The van der Waals surface area contributed by atoms with Crippen LogP contribution in [-0.4, -0.2) is 27.5 Å². The van der Waals surface area contributed by atoms with Gasteiger partial charge in [0, 0.05) is 7.05 Å². The second kappa shape index (κ2) is 5.42. The van der Waals surface area contributed by atoms with Gasteiger partial charge >= 0.3 is 5.97 Å². The van der Waals surface area contributed by atoms with E-state index < -0.39 is 11.4 Å². The van der Waals surface area contributed by atoms with E-state index in [0.29, 0.717) is 19.4 Å². The number of hydrogen-bond donors (Lipinski definition) is 1. The molecule has 5 nitrogen and oxygen atoms in total. The number of carbonyl (C=O) groups is 1. The summed E-state index contributed by atoms with van der Waals surface area (Å²) in [5.74, 6) is 0.0434. The van der Waals surface area contributed by atoms with Gasteiger partial charge in [-0.3, -0.25) is 9.48 Å². The summed E-state index contributed by atoms with van der Waals surface area (Å²) in [6, 6.07) is 0. The molecule has 1 N–H and O–H groups in total. The predicted molar refractivity (Wildman–Crippen MR) is 68.8 cm³/mol. The summed E-state index contributed by atoms with van der Waals surface area (Å²) < 4.78 is 7.47. The van der Waals surface area contributed by atoms with Crippen molar-refractivity contribution >= 4 is 5.97 Å². The average Bonchev–Trinajstić information content (AvgIpc) is 2.49. The molecule has 0 saturated carbocycles. The minimum Gasteiger partial charge on any atom is -0.490 e. The lowest BCUT2D eigenvalue weighted by atomic mass is 9.88. The Morgan fingerprint density at radius 2 is 2.06 bits per heavy atom. The molecule has 1 aromatic rings. The molecule has 0 aliphatic carbocycles. The second-order valence-electron chi connectivity index (χ2n) is 5.26. The van der Waals surface area contributed by atoms with Crippen LogP contribution in [0.3, 0.4) is 0 Å². The number of aliphatic carboxylic acids is 1. The summed E-state index contributed by atoms with van der Waals surface area (Å²) >= 11 is 0. The Balaban J connectivity index is 2.46. The van der Waals surface area contributed by atoms with E-state index >= 15 is 0 Å². The number of carboxylic acids is 1. The first-order chi connectivity index (χ1) is 8.25. The first-order valence-corrected chi connectivity index (χ1v) is 6.12. The normalized spacial score (nSPS) is 11.6. The molecule has 0 bridgehead atoms. The summed E-state index contributed by atoms with van der Waals surface area (Å²) in [6.45, 7) is 7.84. The van der Waals surface area contributed by atoms with Crippen molar-refractivity contribution in [1.82, 2.24) is 9.78 Å². The van der Waals surface area contributed by atoms with Gasteiger partial charge in [0.05, 0.1) is 17.7 Å². The van der Waals surface area contributed by atoms with Crippen LogP contribution in [0, 0.1) is 19.3 Å². The summed E-state index contributed by atoms with van der Waals surface area (Å²) in [5.41, 5.74) is 1.17. The molecule has 18 heavy (non-hydrogen) atoms. The lowest BCUT2D eigenvalue weighted by Gasteiger charge is -2.18. The first-order valence-electron chi connectivity index (χ1n) is 6.12. The molecule has 1 aromatic heterocycles. The lowest BCUT2D eigenvalue weighted by Crippen LogP contribution is -2.24. The Labute approximate surface area is 108 Å². The molecule has 0 unspecified atom stereocenters. The third-order valence-corrected chi connectivity index (χ3v) is 3.21. The molecule has 1 heterocycles. The third-order valence-electron chi connectivity index (χ3n) is 3.21. The number of carboxylic acid groups (broad SMARTS) is 1. The van der Waals surface area contributed by atoms with Crippen molar-refractivity contribution in [2.24, 2.45) is 12.5 Å². The highest BCUT2D eigenvalue weighted by Gasteiger charge is 2.26. The first kappa shape index (κ1) is 14.5. The van der Waals surface area contributed by atoms with Crippen LogP contribution in [0.2, 0.25) is 0 Å². The van der Waals surface area contributed by atoms with Gasteiger partial charge in [-0.1, -0.05) is 0 Å². The fourth-order valence-electron chi connectivity index (χ4n) is 1.76. The molecule has 0 saturated heterocycles. The van der Waals surface area contributed by atoms with Gasteiger partial charge in [-0.2, -0.15) is 5.10 Å². The zero-order valence-electron chi connectivity index (χ0n) is 11.8. The number of ether oxygens (including phenoxy) is 1. The van der Waals surface area contributed by atoms with Crippen molar-refractivity contribution in [2.45, 2.75) is 40.5 Å². The molecule has 102 valence electrons. The smallest absolute Gasteiger partial charge is 0.309 e. The number of nitrogens with zero attached hydrogens (tertiary/aromatic N) is 2. The number of rotatable bonds is 6. The maximum atomic E-state index is 10.9. The van der Waals surface area contributed by atoms with Crippen LogP contribution in [0.4, 0.5) is 0 Å². The van der Waals surface area contributed by atoms with Crippen molar-refractivity contribution in [3.8, 4) is 5.75 Å². The van der Waals surface area contributed by atoms with Crippen molar-refractivity contribution in [1.29, 1.82) is 0 Å². The van der Waals surface area contributed by atoms with E-state index in [0.717, 1.165) is 17.1 Å². The molecule has 0 aromatic carbocycles. The molecule has 0 atom stereocenters. The zero-order valence-corrected chi connectivity index (χ0v) is 11.8. The number of hydrogen-bond acceptors (Lipinski definition) is 3. The minimum atomic E-state index is -0.767. The zero-order chi connectivity index (χ0) is 13.9. The van der Waals surface area contributed by atoms with Crippen LogP contribution in [-0.2, 0) is 11.8 Å². The van der Waals surface area contributed by atoms with Crippen LogP contribution in [0.25, 0.3) is 0 Å². The highest BCUT2D eigenvalue weighted by Crippen LogP contribution is 2.24. The summed E-state index contributed by atoms with van der Waals surface area (Å²) in [5, 5.41) is 13.3. The van der Waals surface area contributed by atoms with Gasteiger partial charge in [0.2, 0.25) is 0 Å². The highest BCUT2D eigenvalue weighted by molar-refractivity contribution is 5.73. The quantitative estimate of drug-likeness (QED) is 0.791. The van der Waals surface area contributed by atoms with Crippen molar-refractivity contribution in [2.75, 3.05) is 6.61 Å². The molecule has 1 rings (SSSR count). The number of aromatic nitrogens is 2. The second-order valence-corrected chi connectivity index (χ2v) is 5.26. The van der Waals surface area contributed by atoms with E-state index in [1.165, 1.54) is 0 Å². The Bertz CT molecular complexity index is 436. The Hall–Kier alpha value is -1.52.